The Balaban J connectivity index is 1.94. The molecule has 1 aromatic heterocycles. The molecule has 0 aliphatic rings. The largest absolute Gasteiger partial charge is 0.496 e. The molecule has 0 amide bonds. The third-order valence-electron chi connectivity index (χ3n) is 3.68. The lowest BCUT2D eigenvalue weighted by Crippen LogP contribution is -1.97. The molecule has 0 atom stereocenters. The standard InChI is InChI=1S/C19H19N3O2/c1-13-11-16(15-8-6-10-18(24-3)19(15)21-13)22-20-12-14-7-4-5-9-17(14)23-2/h4-12H,1-3H3,(H,21,22)/b20-12+. The highest BCUT2D eigenvalue weighted by Crippen LogP contribution is 2.29. The summed E-state index contributed by atoms with van der Waals surface area (Å²) in [7, 11) is 3.29. The lowest BCUT2D eigenvalue weighted by molar-refractivity contribution is 0.414. The van der Waals surface area contributed by atoms with E-state index in [1.54, 1.807) is 20.4 Å². The summed E-state index contributed by atoms with van der Waals surface area (Å²) in [5.41, 5.74) is 6.58. The van der Waals surface area contributed by atoms with E-state index in [9.17, 15) is 0 Å². The van der Waals surface area contributed by atoms with Crippen LogP contribution in [0.25, 0.3) is 10.9 Å². The zero-order valence-electron chi connectivity index (χ0n) is 13.9. The number of nitrogens with one attached hydrogen (secondary N) is 1. The van der Waals surface area contributed by atoms with Crippen LogP contribution in [0.2, 0.25) is 0 Å². The Bertz CT molecular complexity index is 891. The summed E-state index contributed by atoms with van der Waals surface area (Å²) in [6.07, 6.45) is 1.74. The third-order valence-corrected chi connectivity index (χ3v) is 3.68. The number of rotatable bonds is 5. The number of hydrogen-bond donors (Lipinski definition) is 1. The Morgan fingerprint density at radius 3 is 2.54 bits per heavy atom. The van der Waals surface area contributed by atoms with Crippen molar-refractivity contribution in [3.8, 4) is 11.5 Å². The van der Waals surface area contributed by atoms with Crippen molar-refractivity contribution in [2.45, 2.75) is 6.92 Å². The first-order valence-electron chi connectivity index (χ1n) is 7.59. The highest BCUT2D eigenvalue weighted by Gasteiger charge is 2.08. The molecular weight excluding hydrogens is 302 g/mol. The molecule has 24 heavy (non-hydrogen) atoms. The van der Waals surface area contributed by atoms with Crippen LogP contribution >= 0.6 is 0 Å². The number of hydrogen-bond acceptors (Lipinski definition) is 5. The second kappa shape index (κ2) is 7.00. The van der Waals surface area contributed by atoms with Crippen molar-refractivity contribution in [3.63, 3.8) is 0 Å². The fourth-order valence-electron chi connectivity index (χ4n) is 2.55. The van der Waals surface area contributed by atoms with Crippen molar-refractivity contribution in [1.82, 2.24) is 4.98 Å². The first kappa shape index (κ1) is 15.8. The van der Waals surface area contributed by atoms with Crippen molar-refractivity contribution < 1.29 is 9.47 Å². The molecular formula is C19H19N3O2. The monoisotopic (exact) mass is 321 g/mol. The number of benzene rings is 2. The van der Waals surface area contributed by atoms with Gasteiger partial charge in [-0.1, -0.05) is 24.3 Å². The number of nitrogens with zero attached hydrogens (tertiary/aromatic N) is 2. The van der Waals surface area contributed by atoms with E-state index in [0.29, 0.717) is 0 Å². The number of aryl methyl sites for hydroxylation is 1. The lowest BCUT2D eigenvalue weighted by atomic mass is 10.1. The van der Waals surface area contributed by atoms with Crippen molar-refractivity contribution in [2.24, 2.45) is 5.10 Å². The lowest BCUT2D eigenvalue weighted by Gasteiger charge is -2.10. The van der Waals surface area contributed by atoms with Gasteiger partial charge in [0.2, 0.25) is 0 Å². The van der Waals surface area contributed by atoms with Crippen molar-refractivity contribution in [1.29, 1.82) is 0 Å². The molecule has 0 aliphatic carbocycles. The molecule has 0 saturated carbocycles. The summed E-state index contributed by atoms with van der Waals surface area (Å²) in [6.45, 7) is 1.95. The highest BCUT2D eigenvalue weighted by molar-refractivity contribution is 5.95. The average molecular weight is 321 g/mol. The van der Waals surface area contributed by atoms with E-state index in [0.717, 1.165) is 39.3 Å². The van der Waals surface area contributed by atoms with Crippen LogP contribution in [0, 0.1) is 6.92 Å². The Morgan fingerprint density at radius 1 is 1.00 bits per heavy atom. The van der Waals surface area contributed by atoms with Crippen LogP contribution in [0.3, 0.4) is 0 Å². The molecule has 2 aromatic carbocycles. The van der Waals surface area contributed by atoms with E-state index in [-0.39, 0.29) is 0 Å². The Hall–Kier alpha value is -3.08. The summed E-state index contributed by atoms with van der Waals surface area (Å²) in [4.78, 5) is 4.56. The van der Waals surface area contributed by atoms with E-state index in [1.807, 2.05) is 55.5 Å². The summed E-state index contributed by atoms with van der Waals surface area (Å²) in [5, 5.41) is 5.30. The molecule has 1 N–H and O–H groups in total. The van der Waals surface area contributed by atoms with E-state index < -0.39 is 0 Å². The van der Waals surface area contributed by atoms with Crippen molar-refractivity contribution >= 4 is 22.8 Å². The maximum Gasteiger partial charge on any atom is 0.145 e. The number of anilines is 1. The van der Waals surface area contributed by atoms with E-state index >= 15 is 0 Å². The van der Waals surface area contributed by atoms with Gasteiger partial charge in [0.25, 0.3) is 0 Å². The zero-order chi connectivity index (χ0) is 16.9. The molecule has 0 fully saturated rings. The van der Waals surface area contributed by atoms with Gasteiger partial charge in [-0.3, -0.25) is 5.43 Å². The molecule has 122 valence electrons. The molecule has 5 heteroatoms. The fourth-order valence-corrected chi connectivity index (χ4v) is 2.55. The first-order chi connectivity index (χ1) is 11.7. The van der Waals surface area contributed by atoms with Gasteiger partial charge in [0, 0.05) is 16.6 Å². The Kier molecular flexibility index (Phi) is 4.61. The molecule has 3 rings (SSSR count). The number of hydrazone groups is 1. The second-order valence-corrected chi connectivity index (χ2v) is 5.28. The third kappa shape index (κ3) is 3.15. The van der Waals surface area contributed by atoms with Gasteiger partial charge in [-0.05, 0) is 31.2 Å². The summed E-state index contributed by atoms with van der Waals surface area (Å²) >= 11 is 0. The van der Waals surface area contributed by atoms with Gasteiger partial charge >= 0.3 is 0 Å². The van der Waals surface area contributed by atoms with Crippen LogP contribution in [-0.4, -0.2) is 25.4 Å². The SMILES string of the molecule is COc1ccccc1/C=N/Nc1cc(C)nc2c(OC)cccc12. The molecule has 3 aromatic rings. The number of ether oxygens (including phenoxy) is 2. The first-order valence-corrected chi connectivity index (χ1v) is 7.59. The van der Waals surface area contributed by atoms with Crippen LogP contribution in [0.4, 0.5) is 5.69 Å². The Labute approximate surface area is 140 Å². The summed E-state index contributed by atoms with van der Waals surface area (Å²) in [5.74, 6) is 1.52. The predicted octanol–water partition coefficient (Wildman–Crippen LogP) is 4.01. The van der Waals surface area contributed by atoms with Crippen LogP contribution < -0.4 is 14.9 Å². The highest BCUT2D eigenvalue weighted by atomic mass is 16.5. The number of aromatic nitrogens is 1. The minimum atomic E-state index is 0.743. The number of pyridine rings is 1. The van der Waals surface area contributed by atoms with Gasteiger partial charge in [-0.15, -0.1) is 0 Å². The smallest absolute Gasteiger partial charge is 0.145 e. The maximum atomic E-state index is 5.40. The minimum Gasteiger partial charge on any atom is -0.496 e. The fraction of sp³-hybridized carbons (Fsp3) is 0.158. The molecule has 1 heterocycles. The van der Waals surface area contributed by atoms with E-state index in [4.69, 9.17) is 9.47 Å². The van der Waals surface area contributed by atoms with Gasteiger partial charge in [0.05, 0.1) is 26.1 Å². The second-order valence-electron chi connectivity index (χ2n) is 5.28. The maximum absolute atomic E-state index is 5.40. The van der Waals surface area contributed by atoms with Crippen LogP contribution in [0.15, 0.2) is 53.6 Å². The van der Waals surface area contributed by atoms with Crippen LogP contribution in [0.5, 0.6) is 11.5 Å². The quantitative estimate of drug-likeness (QED) is 0.570. The van der Waals surface area contributed by atoms with Gasteiger partial charge in [0.1, 0.15) is 17.0 Å². The average Bonchev–Trinajstić information content (AvgIpc) is 2.61. The number of para-hydroxylation sites is 2. The molecule has 5 nitrogen and oxygen atoms in total. The van der Waals surface area contributed by atoms with Gasteiger partial charge in [-0.2, -0.15) is 5.10 Å². The number of fused-ring (bicyclic) bond motifs is 1. The van der Waals surface area contributed by atoms with Crippen LogP contribution in [-0.2, 0) is 0 Å². The molecule has 0 saturated heterocycles. The molecule has 0 radical (unpaired) electrons. The topological polar surface area (TPSA) is 55.7 Å². The summed E-state index contributed by atoms with van der Waals surface area (Å²) in [6, 6.07) is 15.5. The molecule has 0 bridgehead atoms. The summed E-state index contributed by atoms with van der Waals surface area (Å²) < 4.78 is 10.7. The van der Waals surface area contributed by atoms with Crippen molar-refractivity contribution in [3.05, 3.63) is 59.8 Å². The zero-order valence-corrected chi connectivity index (χ0v) is 13.9. The molecule has 0 spiro atoms. The number of methoxy groups -OCH3 is 2. The van der Waals surface area contributed by atoms with Gasteiger partial charge in [0.15, 0.2) is 0 Å². The Morgan fingerprint density at radius 2 is 1.75 bits per heavy atom. The minimum absolute atomic E-state index is 0.743. The van der Waals surface area contributed by atoms with Crippen molar-refractivity contribution in [2.75, 3.05) is 19.6 Å². The molecule has 0 aliphatic heterocycles. The van der Waals surface area contributed by atoms with Gasteiger partial charge in [-0.25, -0.2) is 4.98 Å². The predicted molar refractivity (Wildman–Crippen MR) is 97.2 cm³/mol. The van der Waals surface area contributed by atoms with Crippen LogP contribution in [0.1, 0.15) is 11.3 Å². The molecule has 0 unspecified atom stereocenters. The van der Waals surface area contributed by atoms with E-state index in [1.165, 1.54) is 0 Å². The normalized spacial score (nSPS) is 11.0. The van der Waals surface area contributed by atoms with E-state index in [2.05, 4.69) is 15.5 Å². The van der Waals surface area contributed by atoms with Gasteiger partial charge < -0.3 is 9.47 Å².